The normalized spacial score (nSPS) is 28.4. The van der Waals surface area contributed by atoms with E-state index >= 15 is 0 Å². The Bertz CT molecular complexity index is 149. The molecule has 0 saturated carbocycles. The van der Waals surface area contributed by atoms with Crippen LogP contribution in [0.3, 0.4) is 0 Å². The van der Waals surface area contributed by atoms with Crippen LogP contribution in [0.25, 0.3) is 0 Å². The van der Waals surface area contributed by atoms with E-state index in [1.165, 1.54) is 0 Å². The van der Waals surface area contributed by atoms with Gasteiger partial charge in [-0.1, -0.05) is 0 Å². The van der Waals surface area contributed by atoms with E-state index in [-0.39, 0.29) is 37.7 Å². The Balaban J connectivity index is 0.000000810. The standard InChI is InChI=1S/C4H4O5.Ca/c5-3(6)1-2(9-1)4(7)8;/h1-2H,(H,5,6)(H,7,8);/q;+2/p-2. The number of ether oxygens (including phenoxy) is 1. The molecule has 1 aliphatic heterocycles. The molecule has 0 N–H and O–H groups in total. The molecule has 1 heterocycles. The fraction of sp³-hybridized carbons (Fsp3) is 0.500. The molecule has 0 aromatic carbocycles. The molecule has 1 saturated heterocycles. The summed E-state index contributed by atoms with van der Waals surface area (Å²) < 4.78 is 4.12. The molecule has 50 valence electrons. The van der Waals surface area contributed by atoms with Gasteiger partial charge in [0.05, 0.1) is 11.9 Å². The maximum atomic E-state index is 9.75. The van der Waals surface area contributed by atoms with Crippen molar-refractivity contribution in [3.8, 4) is 0 Å². The van der Waals surface area contributed by atoms with Crippen LogP contribution in [0.2, 0.25) is 0 Å². The van der Waals surface area contributed by atoms with E-state index in [4.69, 9.17) is 0 Å². The Morgan fingerprint density at radius 1 is 1.10 bits per heavy atom. The Morgan fingerprint density at radius 2 is 1.40 bits per heavy atom. The summed E-state index contributed by atoms with van der Waals surface area (Å²) in [4.78, 5) is 19.5. The Kier molecular flexibility index (Phi) is 3.58. The van der Waals surface area contributed by atoms with Gasteiger partial charge in [-0.15, -0.1) is 0 Å². The SMILES string of the molecule is O=C([O-])C1OC1C(=O)[O-].[Ca+2]. The van der Waals surface area contributed by atoms with Crippen molar-refractivity contribution in [2.75, 3.05) is 0 Å². The molecule has 0 radical (unpaired) electrons. The van der Waals surface area contributed by atoms with Crippen molar-refractivity contribution in [3.05, 3.63) is 0 Å². The van der Waals surface area contributed by atoms with E-state index in [0.717, 1.165) is 0 Å². The van der Waals surface area contributed by atoms with Gasteiger partial charge < -0.3 is 24.5 Å². The quantitative estimate of drug-likeness (QED) is 0.310. The number of epoxide rings is 1. The zero-order chi connectivity index (χ0) is 7.02. The molecule has 0 spiro atoms. The summed E-state index contributed by atoms with van der Waals surface area (Å²) in [6, 6.07) is 0. The Hall–Kier alpha value is 0.160. The monoisotopic (exact) mass is 170 g/mol. The van der Waals surface area contributed by atoms with Crippen molar-refractivity contribution in [2.24, 2.45) is 0 Å². The van der Waals surface area contributed by atoms with Gasteiger partial charge in [0.15, 0.2) is 0 Å². The van der Waals surface area contributed by atoms with Crippen molar-refractivity contribution in [1.82, 2.24) is 0 Å². The first kappa shape index (κ1) is 10.2. The summed E-state index contributed by atoms with van der Waals surface area (Å²) in [5.74, 6) is -3.02. The van der Waals surface area contributed by atoms with Crippen LogP contribution in [-0.4, -0.2) is 61.9 Å². The Morgan fingerprint density at radius 3 is 1.50 bits per heavy atom. The number of hydrogen-bond acceptors (Lipinski definition) is 5. The fourth-order valence-corrected chi connectivity index (χ4v) is 0.471. The number of carboxylic acids is 2. The average molecular weight is 170 g/mol. The fourth-order valence-electron chi connectivity index (χ4n) is 0.471. The zero-order valence-corrected chi connectivity index (χ0v) is 7.11. The molecule has 6 heteroatoms. The van der Waals surface area contributed by atoms with Gasteiger partial charge in [-0.3, -0.25) is 0 Å². The molecular formula is C4H2CaO5. The molecule has 1 rings (SSSR count). The first-order valence-electron chi connectivity index (χ1n) is 2.20. The van der Waals surface area contributed by atoms with Gasteiger partial charge in [-0.25, -0.2) is 0 Å². The van der Waals surface area contributed by atoms with E-state index in [1.54, 1.807) is 0 Å². The summed E-state index contributed by atoms with van der Waals surface area (Å²) in [6.07, 6.45) is -2.59. The van der Waals surface area contributed by atoms with E-state index in [0.29, 0.717) is 0 Å². The van der Waals surface area contributed by atoms with Crippen molar-refractivity contribution < 1.29 is 24.5 Å². The summed E-state index contributed by atoms with van der Waals surface area (Å²) in [5.41, 5.74) is 0. The van der Waals surface area contributed by atoms with Crippen molar-refractivity contribution in [3.63, 3.8) is 0 Å². The maximum Gasteiger partial charge on any atom is 2.00 e. The molecule has 0 aliphatic carbocycles. The molecule has 10 heavy (non-hydrogen) atoms. The van der Waals surface area contributed by atoms with Crippen LogP contribution in [0.5, 0.6) is 0 Å². The third-order valence-corrected chi connectivity index (χ3v) is 0.956. The molecule has 1 aliphatic rings. The summed E-state index contributed by atoms with van der Waals surface area (Å²) in [6.45, 7) is 0. The van der Waals surface area contributed by atoms with Crippen molar-refractivity contribution >= 4 is 49.7 Å². The van der Waals surface area contributed by atoms with Crippen molar-refractivity contribution in [1.29, 1.82) is 0 Å². The van der Waals surface area contributed by atoms with Crippen LogP contribution in [0.1, 0.15) is 0 Å². The van der Waals surface area contributed by atoms with Crippen LogP contribution >= 0.6 is 0 Å². The second-order valence-corrected chi connectivity index (χ2v) is 1.62. The number of carbonyl (C=O) groups is 2. The number of carbonyl (C=O) groups excluding carboxylic acids is 2. The van der Waals surface area contributed by atoms with Gasteiger partial charge in [0.25, 0.3) is 0 Å². The van der Waals surface area contributed by atoms with Crippen LogP contribution < -0.4 is 10.2 Å². The minimum atomic E-state index is -1.51. The topological polar surface area (TPSA) is 92.8 Å². The van der Waals surface area contributed by atoms with Gasteiger partial charge in [-0.2, -0.15) is 0 Å². The van der Waals surface area contributed by atoms with E-state index in [1.807, 2.05) is 0 Å². The summed E-state index contributed by atoms with van der Waals surface area (Å²) >= 11 is 0. The Labute approximate surface area is 86.0 Å². The predicted octanol–water partition coefficient (Wildman–Crippen LogP) is -4.13. The molecular weight excluding hydrogens is 168 g/mol. The van der Waals surface area contributed by atoms with E-state index in [2.05, 4.69) is 4.74 Å². The third kappa shape index (κ3) is 2.09. The molecule has 2 unspecified atom stereocenters. The van der Waals surface area contributed by atoms with Crippen molar-refractivity contribution in [2.45, 2.75) is 12.2 Å². The third-order valence-electron chi connectivity index (χ3n) is 0.956. The zero-order valence-electron chi connectivity index (χ0n) is 4.90. The number of carboxylic acid groups (broad SMARTS) is 2. The second kappa shape index (κ2) is 3.52. The van der Waals surface area contributed by atoms with E-state index in [9.17, 15) is 19.8 Å². The van der Waals surface area contributed by atoms with Gasteiger partial charge in [0, 0.05) is 0 Å². The van der Waals surface area contributed by atoms with Gasteiger partial charge in [0.2, 0.25) is 0 Å². The van der Waals surface area contributed by atoms with Gasteiger partial charge in [-0.05, 0) is 0 Å². The molecule has 0 bridgehead atoms. The predicted molar refractivity (Wildman–Crippen MR) is 24.4 cm³/mol. The first-order valence-corrected chi connectivity index (χ1v) is 2.20. The van der Waals surface area contributed by atoms with Gasteiger partial charge in [0.1, 0.15) is 12.2 Å². The van der Waals surface area contributed by atoms with Crippen LogP contribution in [0, 0.1) is 0 Å². The minimum absolute atomic E-state index is 0. The van der Waals surface area contributed by atoms with Crippen LogP contribution in [-0.2, 0) is 14.3 Å². The summed E-state index contributed by atoms with van der Waals surface area (Å²) in [5, 5.41) is 19.5. The van der Waals surface area contributed by atoms with E-state index < -0.39 is 24.1 Å². The van der Waals surface area contributed by atoms with Crippen LogP contribution in [0.15, 0.2) is 0 Å². The molecule has 0 amide bonds. The average Bonchev–Trinajstić information content (AvgIpc) is 2.39. The number of rotatable bonds is 2. The molecule has 5 nitrogen and oxygen atoms in total. The second-order valence-electron chi connectivity index (χ2n) is 1.62. The smallest absolute Gasteiger partial charge is 0.547 e. The number of aliphatic carboxylic acids is 2. The molecule has 1 fully saturated rings. The summed E-state index contributed by atoms with van der Waals surface area (Å²) in [7, 11) is 0. The van der Waals surface area contributed by atoms with Gasteiger partial charge >= 0.3 is 37.7 Å². The largest absolute Gasteiger partial charge is 2.00 e. The maximum absolute atomic E-state index is 9.75. The minimum Gasteiger partial charge on any atom is -0.547 e. The first-order chi connectivity index (χ1) is 4.13. The molecule has 2 atom stereocenters. The van der Waals surface area contributed by atoms with Crippen LogP contribution in [0.4, 0.5) is 0 Å². The number of hydrogen-bond donors (Lipinski definition) is 0. The molecule has 0 aromatic heterocycles. The molecule has 0 aromatic rings.